The third-order valence-electron chi connectivity index (χ3n) is 2.52. The van der Waals surface area contributed by atoms with Crippen molar-refractivity contribution in [3.8, 4) is 5.75 Å². The Morgan fingerprint density at radius 2 is 2.24 bits per heavy atom. The monoisotopic (exact) mass is 297 g/mol. The normalized spacial score (nSPS) is 21.2. The molecule has 1 aliphatic rings. The number of methoxy groups -OCH3 is 1. The first kappa shape index (κ1) is 11.9. The fourth-order valence-electron chi connectivity index (χ4n) is 1.64. The number of nitrogens with zero attached hydrogens (tertiary/aromatic N) is 1. The molecule has 0 spiro atoms. The average Bonchev–Trinajstić information content (AvgIpc) is 2.70. The molecule has 0 aliphatic carbocycles. The quantitative estimate of drug-likeness (QED) is 0.862. The van der Waals surface area contributed by atoms with Crippen LogP contribution in [-0.4, -0.2) is 26.0 Å². The Morgan fingerprint density at radius 3 is 2.76 bits per heavy atom. The van der Waals surface area contributed by atoms with Crippen molar-refractivity contribution in [2.45, 2.75) is 6.04 Å². The van der Waals surface area contributed by atoms with Crippen LogP contribution in [0.3, 0.4) is 0 Å². The molecule has 1 saturated heterocycles. The number of ether oxygens (including phenoxy) is 1. The zero-order valence-corrected chi connectivity index (χ0v) is 11.0. The van der Waals surface area contributed by atoms with Crippen LogP contribution in [0.2, 0.25) is 0 Å². The van der Waals surface area contributed by atoms with Gasteiger partial charge in [0.2, 0.25) is 0 Å². The Bertz CT molecular complexity index is 488. The second-order valence-corrected chi connectivity index (χ2v) is 4.39. The van der Waals surface area contributed by atoms with Crippen LogP contribution < -0.4 is 15.4 Å². The highest BCUT2D eigenvalue weighted by atomic mass is 79.9. The molecule has 1 aromatic carbocycles. The molecule has 0 aromatic heterocycles. The van der Waals surface area contributed by atoms with Crippen LogP contribution in [0.1, 0.15) is 11.6 Å². The predicted molar refractivity (Wildman–Crippen MR) is 68.1 cm³/mol. The fourth-order valence-corrected chi connectivity index (χ4v) is 2.20. The van der Waals surface area contributed by atoms with Crippen molar-refractivity contribution in [1.29, 1.82) is 0 Å². The minimum atomic E-state index is -0.407. The second kappa shape index (κ2) is 4.75. The first-order valence-corrected chi connectivity index (χ1v) is 5.82. The van der Waals surface area contributed by atoms with E-state index in [1.54, 1.807) is 14.2 Å². The van der Waals surface area contributed by atoms with Crippen LogP contribution >= 0.6 is 15.9 Å². The van der Waals surface area contributed by atoms with Gasteiger partial charge in [-0.3, -0.25) is 15.1 Å². The number of hydrogen-bond acceptors (Lipinski definition) is 3. The van der Waals surface area contributed by atoms with Crippen LogP contribution in [0.4, 0.5) is 0 Å². The molecule has 1 aliphatic heterocycles. The number of carbonyl (C=O) groups is 1. The second-order valence-electron chi connectivity index (χ2n) is 3.53. The van der Waals surface area contributed by atoms with Gasteiger partial charge in [-0.25, -0.2) is 0 Å². The first-order chi connectivity index (χ1) is 8.15. The molecule has 1 unspecified atom stereocenters. The van der Waals surface area contributed by atoms with Gasteiger partial charge in [0, 0.05) is 7.05 Å². The lowest BCUT2D eigenvalue weighted by Crippen LogP contribution is -2.24. The van der Waals surface area contributed by atoms with Gasteiger partial charge >= 0.3 is 0 Å². The van der Waals surface area contributed by atoms with Crippen LogP contribution in [0.25, 0.3) is 0 Å². The third-order valence-corrected chi connectivity index (χ3v) is 3.14. The van der Waals surface area contributed by atoms with E-state index >= 15 is 0 Å². The van der Waals surface area contributed by atoms with Crippen molar-refractivity contribution in [1.82, 2.24) is 10.6 Å². The number of amides is 1. The number of hydrogen-bond donors (Lipinski definition) is 2. The first-order valence-electron chi connectivity index (χ1n) is 5.03. The van der Waals surface area contributed by atoms with Gasteiger partial charge in [-0.1, -0.05) is 6.07 Å². The molecule has 1 fully saturated rings. The molecule has 2 rings (SSSR count). The summed E-state index contributed by atoms with van der Waals surface area (Å²) in [6, 6.07) is 5.11. The maximum Gasteiger partial charge on any atom is 0.253 e. The summed E-state index contributed by atoms with van der Waals surface area (Å²) in [4.78, 5) is 15.6. The number of rotatable bonds is 2. The lowest BCUT2D eigenvalue weighted by atomic mass is 10.1. The molecule has 5 nitrogen and oxygen atoms in total. The van der Waals surface area contributed by atoms with Gasteiger partial charge in [0.1, 0.15) is 11.8 Å². The summed E-state index contributed by atoms with van der Waals surface area (Å²) in [5.41, 5.74) is 0.855. The standard InChI is InChI=1S/C11H12BrN3O2/c1-13-11-14-9(10(16)15-11)6-3-4-8(17-2)7(12)5-6/h3-5,9H,1-2H3,(H2,13,14,15,16). The van der Waals surface area contributed by atoms with Crippen molar-refractivity contribution in [2.24, 2.45) is 4.99 Å². The maximum atomic E-state index is 11.7. The summed E-state index contributed by atoms with van der Waals surface area (Å²) in [6.07, 6.45) is 0. The van der Waals surface area contributed by atoms with Crippen LogP contribution in [0, 0.1) is 0 Å². The van der Waals surface area contributed by atoms with Gasteiger partial charge in [0.15, 0.2) is 5.96 Å². The number of benzene rings is 1. The molecule has 1 atom stereocenters. The minimum absolute atomic E-state index is 0.109. The van der Waals surface area contributed by atoms with Crippen molar-refractivity contribution in [2.75, 3.05) is 14.2 Å². The van der Waals surface area contributed by atoms with E-state index in [9.17, 15) is 4.79 Å². The number of halogens is 1. The van der Waals surface area contributed by atoms with Gasteiger partial charge in [0.05, 0.1) is 11.6 Å². The van der Waals surface area contributed by atoms with E-state index in [1.807, 2.05) is 18.2 Å². The summed E-state index contributed by atoms with van der Waals surface area (Å²) >= 11 is 3.39. The lowest BCUT2D eigenvalue weighted by molar-refractivity contribution is -0.120. The zero-order chi connectivity index (χ0) is 12.4. The Labute approximate surface area is 107 Å². The molecule has 17 heavy (non-hydrogen) atoms. The summed E-state index contributed by atoms with van der Waals surface area (Å²) in [5, 5.41) is 5.65. The van der Waals surface area contributed by atoms with E-state index in [0.29, 0.717) is 5.96 Å². The van der Waals surface area contributed by atoms with Crippen LogP contribution in [0.5, 0.6) is 5.75 Å². The molecular formula is C11H12BrN3O2. The molecule has 0 saturated carbocycles. The topological polar surface area (TPSA) is 62.7 Å². The Balaban J connectivity index is 2.29. The average molecular weight is 298 g/mol. The van der Waals surface area contributed by atoms with E-state index < -0.39 is 6.04 Å². The van der Waals surface area contributed by atoms with E-state index in [2.05, 4.69) is 31.6 Å². The molecule has 6 heteroatoms. The minimum Gasteiger partial charge on any atom is -0.496 e. The summed E-state index contributed by atoms with van der Waals surface area (Å²) in [7, 11) is 3.22. The van der Waals surface area contributed by atoms with E-state index in [-0.39, 0.29) is 5.91 Å². The number of aliphatic imine (C=N–C) groups is 1. The summed E-state index contributed by atoms with van der Waals surface area (Å²) in [6.45, 7) is 0. The fraction of sp³-hybridized carbons (Fsp3) is 0.273. The van der Waals surface area contributed by atoms with E-state index in [0.717, 1.165) is 15.8 Å². The molecule has 1 aromatic rings. The van der Waals surface area contributed by atoms with Gasteiger partial charge in [-0.05, 0) is 33.6 Å². The van der Waals surface area contributed by atoms with Gasteiger partial charge in [-0.15, -0.1) is 0 Å². The Kier molecular flexibility index (Phi) is 3.33. The molecule has 0 radical (unpaired) electrons. The maximum absolute atomic E-state index is 11.7. The highest BCUT2D eigenvalue weighted by Crippen LogP contribution is 2.28. The zero-order valence-electron chi connectivity index (χ0n) is 9.45. The predicted octanol–water partition coefficient (Wildman–Crippen LogP) is 1.20. The molecule has 1 heterocycles. The highest BCUT2D eigenvalue weighted by molar-refractivity contribution is 9.10. The van der Waals surface area contributed by atoms with Gasteiger partial charge in [0.25, 0.3) is 5.91 Å². The van der Waals surface area contributed by atoms with Crippen molar-refractivity contribution < 1.29 is 9.53 Å². The summed E-state index contributed by atoms with van der Waals surface area (Å²) < 4.78 is 5.95. The van der Waals surface area contributed by atoms with Crippen molar-refractivity contribution in [3.63, 3.8) is 0 Å². The smallest absolute Gasteiger partial charge is 0.253 e. The molecule has 1 amide bonds. The molecule has 0 bridgehead atoms. The number of nitrogens with one attached hydrogen (secondary N) is 2. The van der Waals surface area contributed by atoms with Crippen LogP contribution in [-0.2, 0) is 4.79 Å². The lowest BCUT2D eigenvalue weighted by Gasteiger charge is -2.10. The SMILES string of the molecule is CN=C1NC(=O)C(c2ccc(OC)c(Br)c2)N1. The van der Waals surface area contributed by atoms with Crippen molar-refractivity contribution in [3.05, 3.63) is 28.2 Å². The largest absolute Gasteiger partial charge is 0.496 e. The highest BCUT2D eigenvalue weighted by Gasteiger charge is 2.29. The van der Waals surface area contributed by atoms with Crippen LogP contribution in [0.15, 0.2) is 27.7 Å². The van der Waals surface area contributed by atoms with E-state index in [1.165, 1.54) is 0 Å². The number of carbonyl (C=O) groups excluding carboxylic acids is 1. The molecular weight excluding hydrogens is 286 g/mol. The van der Waals surface area contributed by atoms with E-state index in [4.69, 9.17) is 4.74 Å². The van der Waals surface area contributed by atoms with Gasteiger partial charge < -0.3 is 10.1 Å². The number of guanidine groups is 1. The third kappa shape index (κ3) is 2.26. The van der Waals surface area contributed by atoms with Gasteiger partial charge in [-0.2, -0.15) is 0 Å². The molecule has 90 valence electrons. The Hall–Kier alpha value is -1.56. The van der Waals surface area contributed by atoms with Crippen molar-refractivity contribution >= 4 is 27.8 Å². The molecule has 2 N–H and O–H groups in total. The summed E-state index contributed by atoms with van der Waals surface area (Å²) in [5.74, 6) is 1.12. The Morgan fingerprint density at radius 1 is 1.47 bits per heavy atom.